The van der Waals surface area contributed by atoms with Gasteiger partial charge in [-0.15, -0.1) is 0 Å². The Kier molecular flexibility index (Phi) is 3.09. The molecule has 2 heteroatoms. The van der Waals surface area contributed by atoms with Gasteiger partial charge in [0, 0.05) is 6.20 Å². The second kappa shape index (κ2) is 4.52. The third-order valence-electron chi connectivity index (χ3n) is 2.62. The molecule has 2 aromatic rings. The summed E-state index contributed by atoms with van der Waals surface area (Å²) in [6.45, 7) is 6.41. The number of nitrogens with zero attached hydrogens (tertiary/aromatic N) is 2. The van der Waals surface area contributed by atoms with Crippen molar-refractivity contribution in [1.29, 1.82) is 0 Å². The highest BCUT2D eigenvalue weighted by Gasteiger charge is 2.01. The van der Waals surface area contributed by atoms with Gasteiger partial charge < -0.3 is 0 Å². The Bertz CT molecular complexity index is 463. The summed E-state index contributed by atoms with van der Waals surface area (Å²) in [6.07, 6.45) is 4.24. The van der Waals surface area contributed by atoms with Crippen molar-refractivity contribution in [3.63, 3.8) is 0 Å². The molecule has 0 fully saturated rings. The van der Waals surface area contributed by atoms with Crippen LogP contribution in [0.25, 0.3) is 5.69 Å². The lowest BCUT2D eigenvalue weighted by atomic mass is 10.1. The first kappa shape index (κ1) is 10.9. The number of aromatic nitrogens is 2. The van der Waals surface area contributed by atoms with E-state index in [1.807, 2.05) is 10.9 Å². The second-order valence-corrected chi connectivity index (χ2v) is 4.35. The fourth-order valence-corrected chi connectivity index (χ4v) is 1.98. The molecule has 0 amide bonds. The average molecular weight is 214 g/mol. The predicted molar refractivity (Wildman–Crippen MR) is 67.0 cm³/mol. The summed E-state index contributed by atoms with van der Waals surface area (Å²) in [4.78, 5) is 0. The molecule has 0 atom stereocenters. The van der Waals surface area contributed by atoms with Crippen LogP contribution in [-0.4, -0.2) is 9.78 Å². The summed E-state index contributed by atoms with van der Waals surface area (Å²) in [6, 6.07) is 8.60. The summed E-state index contributed by atoms with van der Waals surface area (Å²) >= 11 is 0. The Balaban J connectivity index is 2.34. The minimum atomic E-state index is 1.05. The molecule has 2 nitrogen and oxygen atoms in total. The predicted octanol–water partition coefficient (Wildman–Crippen LogP) is 3.44. The molecule has 84 valence electrons. The summed E-state index contributed by atoms with van der Waals surface area (Å²) < 4.78 is 1.96. The standard InChI is InChI=1S/C14H18N2/c1-4-5-13-6-7-16(15-13)14-9-11(2)8-12(3)10-14/h6-10H,4-5H2,1-3H3. The number of hydrogen-bond donors (Lipinski definition) is 0. The van der Waals surface area contributed by atoms with E-state index in [0.29, 0.717) is 0 Å². The van der Waals surface area contributed by atoms with Crippen molar-refractivity contribution in [1.82, 2.24) is 9.78 Å². The van der Waals surface area contributed by atoms with Crippen LogP contribution >= 0.6 is 0 Å². The van der Waals surface area contributed by atoms with Gasteiger partial charge in [-0.2, -0.15) is 5.10 Å². The van der Waals surface area contributed by atoms with Gasteiger partial charge in [-0.1, -0.05) is 19.4 Å². The molecule has 2 rings (SSSR count). The maximum Gasteiger partial charge on any atom is 0.0650 e. The van der Waals surface area contributed by atoms with Crippen LogP contribution in [0, 0.1) is 13.8 Å². The molecule has 0 saturated heterocycles. The maximum atomic E-state index is 4.57. The van der Waals surface area contributed by atoms with Gasteiger partial charge in [0.1, 0.15) is 0 Å². The van der Waals surface area contributed by atoms with Crippen LogP contribution in [0.1, 0.15) is 30.2 Å². The lowest BCUT2D eigenvalue weighted by molar-refractivity contribution is 0.806. The van der Waals surface area contributed by atoms with Gasteiger partial charge in [0.05, 0.1) is 11.4 Å². The fourth-order valence-electron chi connectivity index (χ4n) is 1.98. The van der Waals surface area contributed by atoms with Crippen molar-refractivity contribution >= 4 is 0 Å². The summed E-state index contributed by atoms with van der Waals surface area (Å²) in [7, 11) is 0. The molecule has 1 aromatic heterocycles. The Morgan fingerprint density at radius 2 is 1.81 bits per heavy atom. The molecule has 0 spiro atoms. The highest BCUT2D eigenvalue weighted by atomic mass is 15.3. The molecule has 0 aliphatic heterocycles. The number of aryl methyl sites for hydroxylation is 3. The lowest BCUT2D eigenvalue weighted by Gasteiger charge is -2.04. The van der Waals surface area contributed by atoms with Crippen molar-refractivity contribution in [2.24, 2.45) is 0 Å². The molecule has 1 aromatic carbocycles. The molecule has 16 heavy (non-hydrogen) atoms. The monoisotopic (exact) mass is 214 g/mol. The van der Waals surface area contributed by atoms with Crippen molar-refractivity contribution in [3.8, 4) is 5.69 Å². The van der Waals surface area contributed by atoms with Crippen molar-refractivity contribution in [2.75, 3.05) is 0 Å². The van der Waals surface area contributed by atoms with E-state index in [-0.39, 0.29) is 0 Å². The molecular weight excluding hydrogens is 196 g/mol. The van der Waals surface area contributed by atoms with Gasteiger partial charge in [0.25, 0.3) is 0 Å². The third-order valence-corrected chi connectivity index (χ3v) is 2.62. The molecule has 0 saturated carbocycles. The van der Waals surface area contributed by atoms with Gasteiger partial charge in [-0.3, -0.25) is 0 Å². The van der Waals surface area contributed by atoms with E-state index < -0.39 is 0 Å². The smallest absolute Gasteiger partial charge is 0.0650 e. The highest BCUT2D eigenvalue weighted by molar-refractivity contribution is 5.38. The second-order valence-electron chi connectivity index (χ2n) is 4.35. The van der Waals surface area contributed by atoms with Gasteiger partial charge in [0.15, 0.2) is 0 Å². The van der Waals surface area contributed by atoms with E-state index in [0.717, 1.165) is 18.5 Å². The van der Waals surface area contributed by atoms with Crippen LogP contribution in [-0.2, 0) is 6.42 Å². The van der Waals surface area contributed by atoms with Crippen LogP contribution in [0.5, 0.6) is 0 Å². The van der Waals surface area contributed by atoms with Gasteiger partial charge in [-0.05, 0) is 49.6 Å². The zero-order valence-corrected chi connectivity index (χ0v) is 10.2. The molecule has 0 N–H and O–H groups in total. The largest absolute Gasteiger partial charge is 0.241 e. The molecule has 0 aliphatic rings. The van der Waals surface area contributed by atoms with Crippen LogP contribution in [0.4, 0.5) is 0 Å². The van der Waals surface area contributed by atoms with Crippen molar-refractivity contribution in [3.05, 3.63) is 47.3 Å². The first-order valence-electron chi connectivity index (χ1n) is 5.82. The molecular formula is C14H18N2. The normalized spacial score (nSPS) is 10.7. The molecule has 0 bridgehead atoms. The van der Waals surface area contributed by atoms with E-state index in [9.17, 15) is 0 Å². The van der Waals surface area contributed by atoms with Crippen LogP contribution in [0.2, 0.25) is 0 Å². The third kappa shape index (κ3) is 2.32. The van der Waals surface area contributed by atoms with E-state index >= 15 is 0 Å². The molecule has 0 unspecified atom stereocenters. The first-order chi connectivity index (χ1) is 7.69. The minimum absolute atomic E-state index is 1.05. The quantitative estimate of drug-likeness (QED) is 0.765. The topological polar surface area (TPSA) is 17.8 Å². The minimum Gasteiger partial charge on any atom is -0.241 e. The average Bonchev–Trinajstić information content (AvgIpc) is 2.65. The summed E-state index contributed by atoms with van der Waals surface area (Å²) in [5, 5.41) is 4.57. The highest BCUT2D eigenvalue weighted by Crippen LogP contribution is 2.13. The van der Waals surface area contributed by atoms with Crippen molar-refractivity contribution in [2.45, 2.75) is 33.6 Å². The zero-order valence-electron chi connectivity index (χ0n) is 10.2. The van der Waals surface area contributed by atoms with E-state index in [1.54, 1.807) is 0 Å². The molecule has 1 heterocycles. The van der Waals surface area contributed by atoms with Crippen LogP contribution in [0.3, 0.4) is 0 Å². The van der Waals surface area contributed by atoms with Crippen LogP contribution < -0.4 is 0 Å². The molecule has 0 radical (unpaired) electrons. The Morgan fingerprint density at radius 3 is 2.44 bits per heavy atom. The number of hydrogen-bond acceptors (Lipinski definition) is 1. The fraction of sp³-hybridized carbons (Fsp3) is 0.357. The Hall–Kier alpha value is -1.57. The van der Waals surface area contributed by atoms with Gasteiger partial charge >= 0.3 is 0 Å². The maximum absolute atomic E-state index is 4.57. The molecule has 0 aliphatic carbocycles. The van der Waals surface area contributed by atoms with Crippen molar-refractivity contribution < 1.29 is 0 Å². The Labute approximate surface area is 96.9 Å². The van der Waals surface area contributed by atoms with Crippen LogP contribution in [0.15, 0.2) is 30.5 Å². The number of benzene rings is 1. The van der Waals surface area contributed by atoms with E-state index in [1.165, 1.54) is 16.8 Å². The first-order valence-corrected chi connectivity index (χ1v) is 5.82. The summed E-state index contributed by atoms with van der Waals surface area (Å²) in [5.74, 6) is 0. The lowest BCUT2D eigenvalue weighted by Crippen LogP contribution is -1.97. The Morgan fingerprint density at radius 1 is 1.12 bits per heavy atom. The summed E-state index contributed by atoms with van der Waals surface area (Å²) in [5.41, 5.74) is 4.88. The van der Waals surface area contributed by atoms with E-state index in [2.05, 4.69) is 50.1 Å². The number of rotatable bonds is 3. The van der Waals surface area contributed by atoms with Gasteiger partial charge in [0.2, 0.25) is 0 Å². The van der Waals surface area contributed by atoms with E-state index in [4.69, 9.17) is 0 Å². The van der Waals surface area contributed by atoms with Gasteiger partial charge in [-0.25, -0.2) is 4.68 Å². The SMILES string of the molecule is CCCc1ccn(-c2cc(C)cc(C)c2)n1. The zero-order chi connectivity index (χ0) is 11.5.